The number of nitrogens with one attached hydrogen (secondary N) is 1. The normalized spacial score (nSPS) is 17.8. The van der Waals surface area contributed by atoms with Gasteiger partial charge in [0.15, 0.2) is 0 Å². The van der Waals surface area contributed by atoms with Crippen LogP contribution >= 0.6 is 0 Å². The molecule has 2 rings (SSSR count). The van der Waals surface area contributed by atoms with Gasteiger partial charge in [0.1, 0.15) is 0 Å². The van der Waals surface area contributed by atoms with Crippen molar-refractivity contribution in [3.63, 3.8) is 0 Å². The molecular weight excluding hydrogens is 296 g/mol. The molecule has 116 valence electrons. The lowest BCUT2D eigenvalue weighted by Crippen LogP contribution is -2.41. The third-order valence-electron chi connectivity index (χ3n) is 3.69. The standard InChI is InChI=1S/C13H18N2O5S/c16-13(7-3-4-8-13)10-14-21(19,20)9-11-5-1-2-6-12(11)15(17)18/h1-2,5-6,14,16H,3-4,7-10H2. The molecule has 1 aliphatic rings. The fourth-order valence-electron chi connectivity index (χ4n) is 2.52. The smallest absolute Gasteiger partial charge is 0.273 e. The van der Waals surface area contributed by atoms with E-state index in [1.165, 1.54) is 18.2 Å². The van der Waals surface area contributed by atoms with Crippen LogP contribution in [0.3, 0.4) is 0 Å². The van der Waals surface area contributed by atoms with Crippen LogP contribution in [0.25, 0.3) is 0 Å². The molecule has 0 atom stereocenters. The number of hydrogen-bond donors (Lipinski definition) is 2. The van der Waals surface area contributed by atoms with Gasteiger partial charge in [0.2, 0.25) is 10.0 Å². The summed E-state index contributed by atoms with van der Waals surface area (Å²) in [5.41, 5.74) is -1.08. The lowest BCUT2D eigenvalue weighted by atomic mass is 10.0. The van der Waals surface area contributed by atoms with Crippen molar-refractivity contribution in [3.05, 3.63) is 39.9 Å². The van der Waals surface area contributed by atoms with Crippen LogP contribution in [0, 0.1) is 10.1 Å². The second-order valence-electron chi connectivity index (χ2n) is 5.40. The van der Waals surface area contributed by atoms with Gasteiger partial charge in [-0.25, -0.2) is 13.1 Å². The Morgan fingerprint density at radius 1 is 1.29 bits per heavy atom. The van der Waals surface area contributed by atoms with Gasteiger partial charge in [-0.1, -0.05) is 31.0 Å². The summed E-state index contributed by atoms with van der Waals surface area (Å²) in [6.45, 7) is -0.0457. The molecule has 1 aromatic carbocycles. The summed E-state index contributed by atoms with van der Waals surface area (Å²) in [5, 5.41) is 21.0. The van der Waals surface area contributed by atoms with E-state index in [-0.39, 0.29) is 17.8 Å². The minimum Gasteiger partial charge on any atom is -0.389 e. The third-order valence-corrected chi connectivity index (χ3v) is 4.96. The highest BCUT2D eigenvalue weighted by Gasteiger charge is 2.32. The van der Waals surface area contributed by atoms with Crippen LogP contribution in [0.5, 0.6) is 0 Å². The first-order valence-electron chi connectivity index (χ1n) is 6.73. The Morgan fingerprint density at radius 3 is 2.52 bits per heavy atom. The van der Waals surface area contributed by atoms with Gasteiger partial charge in [0, 0.05) is 18.2 Å². The molecule has 21 heavy (non-hydrogen) atoms. The van der Waals surface area contributed by atoms with Crippen LogP contribution in [0.2, 0.25) is 0 Å². The third kappa shape index (κ3) is 4.23. The van der Waals surface area contributed by atoms with Crippen LogP contribution in [0.15, 0.2) is 24.3 Å². The van der Waals surface area contributed by atoms with E-state index >= 15 is 0 Å². The maximum absolute atomic E-state index is 12.0. The lowest BCUT2D eigenvalue weighted by Gasteiger charge is -2.22. The number of para-hydroxylation sites is 1. The summed E-state index contributed by atoms with van der Waals surface area (Å²) in [6, 6.07) is 5.74. The highest BCUT2D eigenvalue weighted by Crippen LogP contribution is 2.29. The fourth-order valence-corrected chi connectivity index (χ4v) is 3.77. The zero-order valence-electron chi connectivity index (χ0n) is 11.5. The van der Waals surface area contributed by atoms with Gasteiger partial charge in [-0.05, 0) is 12.8 Å². The Kier molecular flexibility index (Phi) is 4.60. The highest BCUT2D eigenvalue weighted by atomic mass is 32.2. The largest absolute Gasteiger partial charge is 0.389 e. The summed E-state index contributed by atoms with van der Waals surface area (Å²) >= 11 is 0. The molecule has 0 aromatic heterocycles. The van der Waals surface area contributed by atoms with Gasteiger partial charge >= 0.3 is 0 Å². The molecule has 7 nitrogen and oxygen atoms in total. The van der Waals surface area contributed by atoms with Gasteiger partial charge in [0.05, 0.1) is 16.3 Å². The van der Waals surface area contributed by atoms with Crippen LogP contribution in [-0.2, 0) is 15.8 Å². The number of benzene rings is 1. The van der Waals surface area contributed by atoms with Crippen molar-refractivity contribution in [1.82, 2.24) is 4.72 Å². The zero-order valence-corrected chi connectivity index (χ0v) is 12.3. The molecule has 0 radical (unpaired) electrons. The lowest BCUT2D eigenvalue weighted by molar-refractivity contribution is -0.385. The SMILES string of the molecule is O=[N+]([O-])c1ccccc1CS(=O)(=O)NCC1(O)CCCC1. The summed E-state index contributed by atoms with van der Waals surface area (Å²) < 4.78 is 26.4. The average Bonchev–Trinajstić information content (AvgIpc) is 2.84. The van der Waals surface area contributed by atoms with E-state index in [0.29, 0.717) is 12.8 Å². The minimum absolute atomic E-state index is 0.0457. The van der Waals surface area contributed by atoms with E-state index in [0.717, 1.165) is 12.8 Å². The predicted octanol–water partition coefficient (Wildman–Crippen LogP) is 1.32. The molecule has 1 aromatic rings. The van der Waals surface area contributed by atoms with Crippen LogP contribution in [0.4, 0.5) is 5.69 Å². The number of aliphatic hydroxyl groups is 1. The number of nitrogens with zero attached hydrogens (tertiary/aromatic N) is 1. The van der Waals surface area contributed by atoms with E-state index in [2.05, 4.69) is 4.72 Å². The van der Waals surface area contributed by atoms with Crippen molar-refractivity contribution in [1.29, 1.82) is 0 Å². The highest BCUT2D eigenvalue weighted by molar-refractivity contribution is 7.88. The Labute approximate surface area is 123 Å². The summed E-state index contributed by atoms with van der Waals surface area (Å²) in [7, 11) is -3.73. The van der Waals surface area contributed by atoms with Crippen LogP contribution < -0.4 is 4.72 Å². The maximum Gasteiger partial charge on any atom is 0.273 e. The first-order valence-corrected chi connectivity index (χ1v) is 8.39. The number of rotatable bonds is 6. The molecule has 1 fully saturated rings. The topological polar surface area (TPSA) is 110 Å². The molecule has 2 N–H and O–H groups in total. The zero-order chi connectivity index (χ0) is 15.5. The Hall–Kier alpha value is -1.51. The van der Waals surface area contributed by atoms with E-state index < -0.39 is 26.3 Å². The van der Waals surface area contributed by atoms with Crippen LogP contribution in [-0.4, -0.2) is 30.6 Å². The van der Waals surface area contributed by atoms with Crippen molar-refractivity contribution in [2.24, 2.45) is 0 Å². The molecule has 8 heteroatoms. The number of hydrogen-bond acceptors (Lipinski definition) is 5. The Morgan fingerprint density at radius 2 is 1.90 bits per heavy atom. The predicted molar refractivity (Wildman–Crippen MR) is 77.1 cm³/mol. The molecule has 0 aliphatic heterocycles. The van der Waals surface area contributed by atoms with Crippen molar-refractivity contribution >= 4 is 15.7 Å². The first-order chi connectivity index (χ1) is 9.81. The minimum atomic E-state index is -3.73. The first kappa shape index (κ1) is 15.9. The van der Waals surface area contributed by atoms with Crippen molar-refractivity contribution < 1.29 is 18.4 Å². The molecule has 0 heterocycles. The van der Waals surface area contributed by atoms with E-state index in [9.17, 15) is 23.6 Å². The molecule has 0 unspecified atom stereocenters. The number of nitro benzene ring substituents is 1. The van der Waals surface area contributed by atoms with E-state index in [1.807, 2.05) is 0 Å². The second-order valence-corrected chi connectivity index (χ2v) is 7.20. The quantitative estimate of drug-likeness (QED) is 0.608. The number of sulfonamides is 1. The number of nitro groups is 1. The molecule has 0 saturated heterocycles. The van der Waals surface area contributed by atoms with Gasteiger partial charge in [0.25, 0.3) is 5.69 Å². The fraction of sp³-hybridized carbons (Fsp3) is 0.538. The van der Waals surface area contributed by atoms with Crippen LogP contribution in [0.1, 0.15) is 31.2 Å². The van der Waals surface area contributed by atoms with Crippen molar-refractivity contribution in [2.45, 2.75) is 37.0 Å². The van der Waals surface area contributed by atoms with Gasteiger partial charge in [-0.15, -0.1) is 0 Å². The molecular formula is C13H18N2O5S. The molecule has 1 saturated carbocycles. The summed E-state index contributed by atoms with van der Waals surface area (Å²) in [5.74, 6) is -0.472. The van der Waals surface area contributed by atoms with Crippen molar-refractivity contribution in [3.8, 4) is 0 Å². The van der Waals surface area contributed by atoms with Gasteiger partial charge in [-0.3, -0.25) is 10.1 Å². The Balaban J connectivity index is 2.06. The molecule has 0 spiro atoms. The van der Waals surface area contributed by atoms with Crippen molar-refractivity contribution in [2.75, 3.05) is 6.54 Å². The van der Waals surface area contributed by atoms with Gasteiger partial charge < -0.3 is 5.11 Å². The van der Waals surface area contributed by atoms with E-state index in [4.69, 9.17) is 0 Å². The summed E-state index contributed by atoms with van der Waals surface area (Å²) in [4.78, 5) is 10.3. The molecule has 0 bridgehead atoms. The average molecular weight is 314 g/mol. The second kappa shape index (κ2) is 6.08. The monoisotopic (exact) mass is 314 g/mol. The molecule has 1 aliphatic carbocycles. The van der Waals surface area contributed by atoms with Gasteiger partial charge in [-0.2, -0.15) is 0 Å². The van der Waals surface area contributed by atoms with E-state index in [1.54, 1.807) is 6.07 Å². The molecule has 0 amide bonds. The Bertz CT molecular complexity index is 623. The summed E-state index contributed by atoms with van der Waals surface area (Å²) in [6.07, 6.45) is 2.90. The maximum atomic E-state index is 12.0.